The predicted molar refractivity (Wildman–Crippen MR) is 116 cm³/mol. The summed E-state index contributed by atoms with van der Waals surface area (Å²) in [5.41, 5.74) is 1.15. The molecule has 3 heterocycles. The molecule has 31 heavy (non-hydrogen) atoms. The molecule has 0 aliphatic carbocycles. The van der Waals surface area contributed by atoms with Crippen LogP contribution in [0.1, 0.15) is 45.7 Å². The molecule has 5 rings (SSSR count). The van der Waals surface area contributed by atoms with Gasteiger partial charge in [0.2, 0.25) is 0 Å². The first kappa shape index (κ1) is 19.5. The average Bonchev–Trinajstić information content (AvgIpc) is 2.77. The van der Waals surface area contributed by atoms with Crippen LogP contribution in [0.15, 0.2) is 47.3 Å². The van der Waals surface area contributed by atoms with E-state index in [2.05, 4.69) is 5.10 Å². The normalized spacial score (nSPS) is 17.5. The molecule has 1 aromatic heterocycles. The standard InChI is InChI=1S/C24H23N3O4/c1-15-7-8-20-18(13-15)19(28)14-24(31-20)9-11-27(12-10-24)23(30)21-16-5-3-4-6-17(16)22(29)26(2)25-21/h3-8,13H,9-12,14H2,1-2H3. The van der Waals surface area contributed by atoms with Crippen LogP contribution in [0.2, 0.25) is 0 Å². The molecule has 7 heteroatoms. The van der Waals surface area contributed by atoms with Crippen LogP contribution in [0.5, 0.6) is 5.75 Å². The number of carbonyl (C=O) groups is 2. The van der Waals surface area contributed by atoms with Crippen molar-refractivity contribution in [3.05, 3.63) is 69.6 Å². The van der Waals surface area contributed by atoms with Gasteiger partial charge in [0.15, 0.2) is 11.5 Å². The lowest BCUT2D eigenvalue weighted by atomic mass is 9.82. The molecule has 1 saturated heterocycles. The number of likely N-dealkylation sites (tertiary alicyclic amines) is 1. The molecule has 3 aromatic rings. The second-order valence-corrected chi connectivity index (χ2v) is 8.50. The third-order valence-electron chi connectivity index (χ3n) is 6.37. The Morgan fingerprint density at radius 3 is 2.52 bits per heavy atom. The highest BCUT2D eigenvalue weighted by atomic mass is 16.5. The molecule has 1 spiro atoms. The number of aryl methyl sites for hydroxylation is 2. The summed E-state index contributed by atoms with van der Waals surface area (Å²) >= 11 is 0. The zero-order valence-corrected chi connectivity index (χ0v) is 17.6. The first-order valence-corrected chi connectivity index (χ1v) is 10.5. The number of carbonyl (C=O) groups excluding carboxylic acids is 2. The summed E-state index contributed by atoms with van der Waals surface area (Å²) in [4.78, 5) is 40.2. The molecule has 2 aliphatic heterocycles. The lowest BCUT2D eigenvalue weighted by Gasteiger charge is -2.44. The third kappa shape index (κ3) is 3.21. The Bertz CT molecular complexity index is 1290. The van der Waals surface area contributed by atoms with Crippen LogP contribution >= 0.6 is 0 Å². The van der Waals surface area contributed by atoms with Crippen LogP contribution in [0, 0.1) is 6.92 Å². The molecule has 0 bridgehead atoms. The van der Waals surface area contributed by atoms with Crippen LogP contribution in [0.4, 0.5) is 0 Å². The van der Waals surface area contributed by atoms with Gasteiger partial charge in [0.25, 0.3) is 11.5 Å². The SMILES string of the molecule is Cc1ccc2c(c1)C(=O)CC1(CCN(C(=O)c3nn(C)c(=O)c4ccccc34)CC1)O2. The molecule has 158 valence electrons. The quantitative estimate of drug-likeness (QED) is 0.608. The Labute approximate surface area is 179 Å². The van der Waals surface area contributed by atoms with Gasteiger partial charge in [-0.15, -0.1) is 0 Å². The number of Topliss-reactive ketones (excluding diaryl/α,β-unsaturated/α-hetero) is 1. The van der Waals surface area contributed by atoms with Crippen LogP contribution in [0.25, 0.3) is 10.8 Å². The van der Waals surface area contributed by atoms with E-state index < -0.39 is 5.60 Å². The summed E-state index contributed by atoms with van der Waals surface area (Å²) in [5, 5.41) is 5.29. The molecular formula is C24H23N3O4. The summed E-state index contributed by atoms with van der Waals surface area (Å²) in [6.07, 6.45) is 1.47. The highest BCUT2D eigenvalue weighted by Crippen LogP contribution is 2.39. The van der Waals surface area contributed by atoms with E-state index in [1.165, 1.54) is 4.68 Å². The monoisotopic (exact) mass is 417 g/mol. The van der Waals surface area contributed by atoms with Gasteiger partial charge in [-0.2, -0.15) is 5.10 Å². The number of aromatic nitrogens is 2. The Balaban J connectivity index is 1.39. The lowest BCUT2D eigenvalue weighted by molar-refractivity contribution is -0.00586. The van der Waals surface area contributed by atoms with E-state index >= 15 is 0 Å². The van der Waals surface area contributed by atoms with Crippen molar-refractivity contribution in [3.63, 3.8) is 0 Å². The smallest absolute Gasteiger partial charge is 0.274 e. The zero-order chi connectivity index (χ0) is 21.8. The number of hydrogen-bond donors (Lipinski definition) is 0. The van der Waals surface area contributed by atoms with E-state index in [9.17, 15) is 14.4 Å². The van der Waals surface area contributed by atoms with Crippen molar-refractivity contribution in [1.29, 1.82) is 0 Å². The van der Waals surface area contributed by atoms with E-state index in [1.54, 1.807) is 36.2 Å². The number of piperidine rings is 1. The maximum atomic E-state index is 13.3. The van der Waals surface area contributed by atoms with Crippen molar-refractivity contribution in [1.82, 2.24) is 14.7 Å². The molecule has 0 unspecified atom stereocenters. The number of benzene rings is 2. The number of rotatable bonds is 1. The molecule has 2 aliphatic rings. The predicted octanol–water partition coefficient (Wildman–Crippen LogP) is 2.88. The van der Waals surface area contributed by atoms with Crippen LogP contribution in [-0.4, -0.2) is 45.1 Å². The van der Waals surface area contributed by atoms with Gasteiger partial charge < -0.3 is 9.64 Å². The van der Waals surface area contributed by atoms with E-state index in [0.29, 0.717) is 54.4 Å². The highest BCUT2D eigenvalue weighted by molar-refractivity contribution is 6.05. The van der Waals surface area contributed by atoms with Crippen LogP contribution in [-0.2, 0) is 7.05 Å². The molecule has 2 aromatic carbocycles. The Morgan fingerprint density at radius 2 is 1.77 bits per heavy atom. The van der Waals surface area contributed by atoms with Crippen LogP contribution < -0.4 is 10.3 Å². The number of amides is 1. The number of ether oxygens (including phenoxy) is 1. The minimum absolute atomic E-state index is 0.0930. The summed E-state index contributed by atoms with van der Waals surface area (Å²) in [7, 11) is 1.55. The van der Waals surface area contributed by atoms with E-state index in [4.69, 9.17) is 4.74 Å². The largest absolute Gasteiger partial charge is 0.486 e. The van der Waals surface area contributed by atoms with Gasteiger partial charge in [-0.25, -0.2) is 4.68 Å². The van der Waals surface area contributed by atoms with Gasteiger partial charge in [-0.05, 0) is 25.1 Å². The van der Waals surface area contributed by atoms with Gasteiger partial charge in [0.1, 0.15) is 11.4 Å². The van der Waals surface area contributed by atoms with Gasteiger partial charge in [0, 0.05) is 38.4 Å². The van der Waals surface area contributed by atoms with E-state index in [0.717, 1.165) is 5.56 Å². The molecule has 0 saturated carbocycles. The molecule has 0 radical (unpaired) electrons. The second kappa shape index (κ2) is 7.04. The van der Waals surface area contributed by atoms with Crippen molar-refractivity contribution in [2.45, 2.75) is 31.8 Å². The number of hydrogen-bond acceptors (Lipinski definition) is 5. The Hall–Kier alpha value is -3.48. The van der Waals surface area contributed by atoms with E-state index in [1.807, 2.05) is 25.1 Å². The zero-order valence-electron chi connectivity index (χ0n) is 17.6. The fraction of sp³-hybridized carbons (Fsp3) is 0.333. The maximum absolute atomic E-state index is 13.3. The van der Waals surface area contributed by atoms with Crippen molar-refractivity contribution < 1.29 is 14.3 Å². The molecule has 7 nitrogen and oxygen atoms in total. The number of nitrogens with zero attached hydrogens (tertiary/aromatic N) is 3. The van der Waals surface area contributed by atoms with Gasteiger partial charge >= 0.3 is 0 Å². The van der Waals surface area contributed by atoms with Crippen LogP contribution in [0.3, 0.4) is 0 Å². The average molecular weight is 417 g/mol. The minimum Gasteiger partial charge on any atom is -0.486 e. The third-order valence-corrected chi connectivity index (χ3v) is 6.37. The summed E-state index contributed by atoms with van der Waals surface area (Å²) in [6, 6.07) is 12.7. The Morgan fingerprint density at radius 1 is 1.06 bits per heavy atom. The van der Waals surface area contributed by atoms with E-state index in [-0.39, 0.29) is 22.9 Å². The fourth-order valence-electron chi connectivity index (χ4n) is 4.61. The lowest BCUT2D eigenvalue weighted by Crippen LogP contribution is -2.52. The first-order chi connectivity index (χ1) is 14.9. The molecule has 0 N–H and O–H groups in total. The highest BCUT2D eigenvalue weighted by Gasteiger charge is 2.44. The first-order valence-electron chi connectivity index (χ1n) is 10.5. The number of fused-ring (bicyclic) bond motifs is 2. The van der Waals surface area contributed by atoms with Gasteiger partial charge in [-0.1, -0.05) is 29.8 Å². The van der Waals surface area contributed by atoms with Crippen molar-refractivity contribution in [2.24, 2.45) is 7.05 Å². The second-order valence-electron chi connectivity index (χ2n) is 8.50. The molecule has 0 atom stereocenters. The van der Waals surface area contributed by atoms with Crippen molar-refractivity contribution in [3.8, 4) is 5.75 Å². The minimum atomic E-state index is -0.574. The maximum Gasteiger partial charge on any atom is 0.274 e. The summed E-state index contributed by atoms with van der Waals surface area (Å²) in [6.45, 7) is 2.89. The van der Waals surface area contributed by atoms with Crippen molar-refractivity contribution in [2.75, 3.05) is 13.1 Å². The Kier molecular flexibility index (Phi) is 4.43. The summed E-state index contributed by atoms with van der Waals surface area (Å²) < 4.78 is 7.52. The fourth-order valence-corrected chi connectivity index (χ4v) is 4.61. The van der Waals surface area contributed by atoms with Crippen molar-refractivity contribution >= 4 is 22.5 Å². The molecular weight excluding hydrogens is 394 g/mol. The topological polar surface area (TPSA) is 81.5 Å². The number of ketones is 1. The van der Waals surface area contributed by atoms with Gasteiger partial charge in [0.05, 0.1) is 17.4 Å². The molecule has 1 amide bonds. The summed E-state index contributed by atoms with van der Waals surface area (Å²) in [5.74, 6) is 0.516. The van der Waals surface area contributed by atoms with Gasteiger partial charge in [-0.3, -0.25) is 14.4 Å². The molecule has 1 fully saturated rings.